The minimum atomic E-state index is -0.272. The Morgan fingerprint density at radius 1 is 1.07 bits per heavy atom. The maximum Gasteiger partial charge on any atom is 0.233 e. The topological polar surface area (TPSA) is 72.3 Å². The molecule has 1 amide bonds. The molecular formula is C22H33N5O2S. The summed E-state index contributed by atoms with van der Waals surface area (Å²) >= 11 is 1.44. The van der Waals surface area contributed by atoms with Gasteiger partial charge in [-0.15, -0.1) is 10.2 Å². The van der Waals surface area contributed by atoms with Gasteiger partial charge in [-0.2, -0.15) is 0 Å². The van der Waals surface area contributed by atoms with Crippen molar-refractivity contribution in [2.24, 2.45) is 0 Å². The summed E-state index contributed by atoms with van der Waals surface area (Å²) in [7, 11) is 1.66. The van der Waals surface area contributed by atoms with Crippen molar-refractivity contribution >= 4 is 17.7 Å². The van der Waals surface area contributed by atoms with Crippen LogP contribution in [0.1, 0.15) is 58.8 Å². The Kier molecular flexibility index (Phi) is 7.77. The highest BCUT2D eigenvalue weighted by Crippen LogP contribution is 2.31. The minimum absolute atomic E-state index is 0.00455. The van der Waals surface area contributed by atoms with Crippen LogP contribution in [0.15, 0.2) is 29.4 Å². The van der Waals surface area contributed by atoms with Gasteiger partial charge in [-0.1, -0.05) is 18.2 Å². The molecule has 0 saturated carbocycles. The van der Waals surface area contributed by atoms with Crippen LogP contribution in [0.25, 0.3) is 5.69 Å². The van der Waals surface area contributed by atoms with E-state index in [1.807, 2.05) is 45.0 Å². The smallest absolute Gasteiger partial charge is 0.233 e. The number of thioether (sulfide) groups is 1. The zero-order valence-corrected chi connectivity index (χ0v) is 19.4. The van der Waals surface area contributed by atoms with Crippen LogP contribution in [-0.4, -0.2) is 57.1 Å². The fraction of sp³-hybridized carbons (Fsp3) is 0.591. The molecule has 0 spiro atoms. The van der Waals surface area contributed by atoms with Gasteiger partial charge < -0.3 is 10.1 Å². The Morgan fingerprint density at radius 3 is 2.33 bits per heavy atom. The van der Waals surface area contributed by atoms with E-state index >= 15 is 0 Å². The molecule has 3 rings (SSSR count). The van der Waals surface area contributed by atoms with Crippen molar-refractivity contribution in [2.45, 2.75) is 69.4 Å². The fourth-order valence-electron chi connectivity index (χ4n) is 3.68. The number of carbonyl (C=O) groups is 1. The Labute approximate surface area is 183 Å². The second-order valence-corrected chi connectivity index (χ2v) is 9.38. The maximum atomic E-state index is 12.5. The van der Waals surface area contributed by atoms with Gasteiger partial charge in [0.05, 0.1) is 18.4 Å². The summed E-state index contributed by atoms with van der Waals surface area (Å²) in [6.07, 6.45) is 3.72. The number of rotatable bonds is 8. The van der Waals surface area contributed by atoms with E-state index in [-0.39, 0.29) is 23.2 Å². The molecule has 2 unspecified atom stereocenters. The molecule has 1 fully saturated rings. The molecule has 1 aliphatic rings. The summed E-state index contributed by atoms with van der Waals surface area (Å²) in [5.41, 5.74) is 0.971. The predicted octanol–water partition coefficient (Wildman–Crippen LogP) is 3.83. The molecule has 7 nitrogen and oxygen atoms in total. The van der Waals surface area contributed by atoms with E-state index in [0.29, 0.717) is 0 Å². The third-order valence-corrected chi connectivity index (χ3v) is 6.43. The van der Waals surface area contributed by atoms with Crippen LogP contribution >= 0.6 is 11.8 Å². The van der Waals surface area contributed by atoms with E-state index < -0.39 is 0 Å². The van der Waals surface area contributed by atoms with E-state index in [1.165, 1.54) is 31.0 Å². The number of nitrogens with zero attached hydrogens (tertiary/aromatic N) is 4. The number of hydrogen-bond donors (Lipinski definition) is 1. The standard InChI is InChI=1S/C22H33N5O2S/c1-15(2)23-21(28)17(4)30-22-25-24-20(16(3)26-13-7-6-8-14-26)27(22)18-9-11-19(29-5)12-10-18/h9-12,15-17H,6-8,13-14H2,1-5H3,(H,23,28). The second kappa shape index (κ2) is 10.3. The molecule has 1 saturated heterocycles. The third kappa shape index (κ3) is 5.35. The van der Waals surface area contributed by atoms with Crippen LogP contribution in [0.5, 0.6) is 5.75 Å². The van der Waals surface area contributed by atoms with Crippen molar-refractivity contribution in [2.75, 3.05) is 20.2 Å². The van der Waals surface area contributed by atoms with Crippen LogP contribution in [-0.2, 0) is 4.79 Å². The molecule has 2 aromatic rings. The lowest BCUT2D eigenvalue weighted by Crippen LogP contribution is -2.36. The molecule has 8 heteroatoms. The first-order valence-electron chi connectivity index (χ1n) is 10.7. The first-order chi connectivity index (χ1) is 14.4. The van der Waals surface area contributed by atoms with Gasteiger partial charge in [0.2, 0.25) is 5.91 Å². The Hall–Kier alpha value is -2.06. The lowest BCUT2D eigenvalue weighted by atomic mass is 10.1. The van der Waals surface area contributed by atoms with E-state index in [4.69, 9.17) is 4.74 Å². The number of likely N-dealkylation sites (tertiary alicyclic amines) is 1. The molecule has 1 aromatic carbocycles. The molecule has 30 heavy (non-hydrogen) atoms. The zero-order chi connectivity index (χ0) is 21.7. The highest BCUT2D eigenvalue weighted by atomic mass is 32.2. The van der Waals surface area contributed by atoms with Gasteiger partial charge in [0, 0.05) is 11.7 Å². The van der Waals surface area contributed by atoms with Gasteiger partial charge >= 0.3 is 0 Å². The number of aromatic nitrogens is 3. The van der Waals surface area contributed by atoms with Crippen molar-refractivity contribution in [3.63, 3.8) is 0 Å². The van der Waals surface area contributed by atoms with Gasteiger partial charge in [0.25, 0.3) is 0 Å². The average molecular weight is 432 g/mol. The number of methoxy groups -OCH3 is 1. The number of hydrogen-bond acceptors (Lipinski definition) is 6. The minimum Gasteiger partial charge on any atom is -0.497 e. The summed E-state index contributed by atoms with van der Waals surface area (Å²) in [5.74, 6) is 1.71. The van der Waals surface area contributed by atoms with Gasteiger partial charge in [-0.25, -0.2) is 0 Å². The third-order valence-electron chi connectivity index (χ3n) is 5.38. The maximum absolute atomic E-state index is 12.5. The number of nitrogens with one attached hydrogen (secondary N) is 1. The Balaban J connectivity index is 1.93. The number of piperidine rings is 1. The normalized spacial score (nSPS) is 17.0. The van der Waals surface area contributed by atoms with Gasteiger partial charge in [0.15, 0.2) is 11.0 Å². The van der Waals surface area contributed by atoms with E-state index in [1.54, 1.807) is 7.11 Å². The van der Waals surface area contributed by atoms with Crippen molar-refractivity contribution in [1.29, 1.82) is 0 Å². The quantitative estimate of drug-likeness (QED) is 0.641. The Bertz CT molecular complexity index is 831. The fourth-order valence-corrected chi connectivity index (χ4v) is 4.57. The van der Waals surface area contributed by atoms with Gasteiger partial charge in [-0.05, 0) is 77.9 Å². The van der Waals surface area contributed by atoms with Crippen molar-refractivity contribution in [3.8, 4) is 11.4 Å². The lowest BCUT2D eigenvalue weighted by molar-refractivity contribution is -0.120. The molecular weight excluding hydrogens is 398 g/mol. The molecule has 2 heterocycles. The van der Waals surface area contributed by atoms with E-state index in [9.17, 15) is 4.79 Å². The van der Waals surface area contributed by atoms with E-state index in [0.717, 1.165) is 35.5 Å². The molecule has 0 radical (unpaired) electrons. The average Bonchev–Trinajstić information content (AvgIpc) is 3.16. The monoisotopic (exact) mass is 431 g/mol. The molecule has 0 aliphatic carbocycles. The van der Waals surface area contributed by atoms with Crippen molar-refractivity contribution in [1.82, 2.24) is 25.0 Å². The summed E-state index contributed by atoms with van der Waals surface area (Å²) in [6, 6.07) is 8.15. The molecule has 164 valence electrons. The number of benzene rings is 1. The van der Waals surface area contributed by atoms with E-state index in [2.05, 4.69) is 31.9 Å². The lowest BCUT2D eigenvalue weighted by Gasteiger charge is -2.32. The molecule has 2 atom stereocenters. The van der Waals surface area contributed by atoms with Gasteiger partial charge in [0.1, 0.15) is 5.75 Å². The summed E-state index contributed by atoms with van der Waals surface area (Å²) in [6.45, 7) is 10.2. The first-order valence-corrected chi connectivity index (χ1v) is 11.6. The van der Waals surface area contributed by atoms with Crippen molar-refractivity contribution in [3.05, 3.63) is 30.1 Å². The van der Waals surface area contributed by atoms with Crippen LogP contribution in [0.4, 0.5) is 0 Å². The largest absolute Gasteiger partial charge is 0.497 e. The molecule has 1 aliphatic heterocycles. The molecule has 1 N–H and O–H groups in total. The summed E-state index contributed by atoms with van der Waals surface area (Å²) in [4.78, 5) is 14.9. The van der Waals surface area contributed by atoms with Crippen LogP contribution in [0, 0.1) is 0 Å². The van der Waals surface area contributed by atoms with Gasteiger partial charge in [-0.3, -0.25) is 14.3 Å². The van der Waals surface area contributed by atoms with Crippen LogP contribution in [0.3, 0.4) is 0 Å². The van der Waals surface area contributed by atoms with Crippen molar-refractivity contribution < 1.29 is 9.53 Å². The zero-order valence-electron chi connectivity index (χ0n) is 18.6. The summed E-state index contributed by atoms with van der Waals surface area (Å²) in [5, 5.41) is 12.5. The summed E-state index contributed by atoms with van der Waals surface area (Å²) < 4.78 is 7.40. The Morgan fingerprint density at radius 2 is 1.73 bits per heavy atom. The number of ether oxygens (including phenoxy) is 1. The first kappa shape index (κ1) is 22.6. The predicted molar refractivity (Wildman–Crippen MR) is 120 cm³/mol. The highest BCUT2D eigenvalue weighted by Gasteiger charge is 2.27. The SMILES string of the molecule is COc1ccc(-n2c(SC(C)C(=O)NC(C)C)nnc2C(C)N2CCCCC2)cc1. The van der Waals surface area contributed by atoms with Crippen LogP contribution < -0.4 is 10.1 Å². The number of amides is 1. The molecule has 0 bridgehead atoms. The second-order valence-electron chi connectivity index (χ2n) is 8.07. The van der Waals surface area contributed by atoms with Crippen LogP contribution in [0.2, 0.25) is 0 Å². The number of carbonyl (C=O) groups excluding carboxylic acids is 1. The molecule has 1 aromatic heterocycles. The highest BCUT2D eigenvalue weighted by molar-refractivity contribution is 8.00.